The summed E-state index contributed by atoms with van der Waals surface area (Å²) in [6.07, 6.45) is 12.9. The van der Waals surface area contributed by atoms with Gasteiger partial charge in [-0.3, -0.25) is 0 Å². The molecule has 10 heteroatoms. The van der Waals surface area contributed by atoms with Gasteiger partial charge in [0.15, 0.2) is 0 Å². The number of benzene rings is 3. The molecule has 7 nitrogen and oxygen atoms in total. The fourth-order valence-electron chi connectivity index (χ4n) is 4.81. The van der Waals surface area contributed by atoms with Crippen molar-refractivity contribution >= 4 is 50.8 Å². The van der Waals surface area contributed by atoms with Crippen molar-refractivity contribution in [1.82, 2.24) is 0 Å². The van der Waals surface area contributed by atoms with Crippen LogP contribution >= 0.6 is 23.1 Å². The first kappa shape index (κ1) is 30.8. The van der Waals surface area contributed by atoms with Gasteiger partial charge in [0, 0.05) is 29.1 Å². The van der Waals surface area contributed by atoms with E-state index in [0.29, 0.717) is 0 Å². The third-order valence-electron chi connectivity index (χ3n) is 6.59. The lowest BCUT2D eigenvalue weighted by Gasteiger charge is -2.20. The van der Waals surface area contributed by atoms with E-state index in [1.807, 2.05) is 41.3 Å². The van der Waals surface area contributed by atoms with E-state index in [0.717, 1.165) is 35.7 Å². The molecule has 0 aliphatic carbocycles. The molecule has 2 aliphatic heterocycles. The summed E-state index contributed by atoms with van der Waals surface area (Å²) in [7, 11) is -4.94. The number of fused-ring (bicyclic) bond motifs is 2. The second kappa shape index (κ2) is 13.7. The number of anilines is 1. The Morgan fingerprint density at radius 3 is 2.33 bits per heavy atom. The minimum absolute atomic E-state index is 0.821. The summed E-state index contributed by atoms with van der Waals surface area (Å²) >= 11 is 3.64. The van der Waals surface area contributed by atoms with Gasteiger partial charge in [0.2, 0.25) is 5.52 Å². The molecule has 3 heterocycles. The maximum atomic E-state index is 8.49. The lowest BCUT2D eigenvalue weighted by Crippen LogP contribution is -2.68. The highest BCUT2D eigenvalue weighted by molar-refractivity contribution is 8.03. The maximum Gasteiger partial charge on any atom is 0.262 e. The highest BCUT2D eigenvalue weighted by Crippen LogP contribution is 2.46. The summed E-state index contributed by atoms with van der Waals surface area (Å²) in [5.74, 6) is 1.68. The molecule has 6 rings (SSSR count). The Labute approximate surface area is 261 Å². The number of allylic oxidation sites excluding steroid dienone is 6. The van der Waals surface area contributed by atoms with Crippen LogP contribution in [0.15, 0.2) is 130 Å². The number of para-hydroxylation sites is 2. The van der Waals surface area contributed by atoms with Crippen LogP contribution in [0.1, 0.15) is 24.4 Å². The first-order chi connectivity index (χ1) is 20.7. The molecule has 0 bridgehead atoms. The van der Waals surface area contributed by atoms with Crippen molar-refractivity contribution in [3.8, 4) is 0 Å². The van der Waals surface area contributed by atoms with E-state index in [-0.39, 0.29) is 0 Å². The maximum absolute atomic E-state index is 8.49. The fourth-order valence-corrected chi connectivity index (χ4v) is 7.14. The van der Waals surface area contributed by atoms with Gasteiger partial charge >= 0.3 is 0 Å². The zero-order valence-corrected chi connectivity index (χ0v) is 25.9. The first-order valence-electron chi connectivity index (χ1n) is 13.6. The molecular weight excluding hydrogens is 604 g/mol. The Kier molecular flexibility index (Phi) is 9.84. The van der Waals surface area contributed by atoms with Crippen molar-refractivity contribution in [2.75, 3.05) is 11.4 Å². The van der Waals surface area contributed by atoms with Gasteiger partial charge in [-0.15, -0.1) is 10.2 Å². The minimum Gasteiger partial charge on any atom is -0.457 e. The summed E-state index contributed by atoms with van der Waals surface area (Å²) < 4.78 is 44.0. The largest absolute Gasteiger partial charge is 0.457 e. The SMILES string of the molecule is CCN1/C(=C/C2=CC(=C/C=C/c3sc4ccccc4[n+]3CC)/OC(c3ccccc3)=C2)Sc2ccccc21.[O-][Cl+3]([O-])([O-])[O-]. The van der Waals surface area contributed by atoms with Crippen LogP contribution in [0, 0.1) is 10.2 Å². The van der Waals surface area contributed by atoms with Crippen LogP contribution < -0.4 is 28.1 Å². The topological polar surface area (TPSA) is 109 Å². The van der Waals surface area contributed by atoms with E-state index in [1.165, 1.54) is 30.8 Å². The molecule has 2 aliphatic rings. The molecule has 0 amide bonds. The number of hydrogen-bond acceptors (Lipinski definition) is 8. The summed E-state index contributed by atoms with van der Waals surface area (Å²) in [6.45, 7) is 6.25. The monoisotopic (exact) mass is 632 g/mol. The average Bonchev–Trinajstić information content (AvgIpc) is 3.53. The van der Waals surface area contributed by atoms with E-state index in [2.05, 4.69) is 120 Å². The number of thioether (sulfide) groups is 1. The molecule has 4 aromatic rings. The number of aryl methyl sites for hydroxylation is 1. The molecule has 0 unspecified atom stereocenters. The van der Waals surface area contributed by atoms with Crippen LogP contribution in [-0.2, 0) is 11.3 Å². The highest BCUT2D eigenvalue weighted by Gasteiger charge is 2.24. The standard InChI is InChI=1S/C33H29N2OS2.ClHO4/c1-3-34-27-16-8-10-18-30(27)37-32(34)20-12-15-26-21-24(22-29(36-26)25-13-6-5-7-14-25)23-33-35(4-2)28-17-9-11-19-31(28)38-33;2-1(3,4)5/h5-23H,3-4H2,1-2H3;(H,2,3,4,5)/q+1;/p-1. The normalized spacial score (nSPS) is 16.7. The van der Waals surface area contributed by atoms with Crippen molar-refractivity contribution < 1.29 is 38.2 Å². The first-order valence-corrected chi connectivity index (χ1v) is 16.4. The highest BCUT2D eigenvalue weighted by atomic mass is 35.7. The smallest absolute Gasteiger partial charge is 0.262 e. The Bertz CT molecular complexity index is 1750. The van der Waals surface area contributed by atoms with Crippen LogP contribution in [0.25, 0.3) is 22.1 Å². The molecule has 0 atom stereocenters. The van der Waals surface area contributed by atoms with Crippen molar-refractivity contribution in [3.63, 3.8) is 0 Å². The Balaban J connectivity index is 0.000000682. The minimum atomic E-state index is -4.94. The van der Waals surface area contributed by atoms with Gasteiger partial charge < -0.3 is 9.64 Å². The Morgan fingerprint density at radius 1 is 0.884 bits per heavy atom. The van der Waals surface area contributed by atoms with Crippen molar-refractivity contribution in [3.05, 3.63) is 136 Å². The number of nitrogens with zero attached hydrogens (tertiary/aromatic N) is 2. The summed E-state index contributed by atoms with van der Waals surface area (Å²) in [5.41, 5.74) is 4.74. The van der Waals surface area contributed by atoms with Gasteiger partial charge in [-0.25, -0.2) is 18.6 Å². The van der Waals surface area contributed by atoms with Gasteiger partial charge in [0.25, 0.3) is 5.01 Å². The van der Waals surface area contributed by atoms with Gasteiger partial charge in [-0.2, -0.15) is 4.57 Å². The van der Waals surface area contributed by atoms with Crippen molar-refractivity contribution in [2.24, 2.45) is 0 Å². The molecular formula is C33H29ClN2O5S2. The second-order valence-corrected chi connectivity index (χ2v) is 12.3. The molecule has 1 aromatic heterocycles. The van der Waals surface area contributed by atoms with E-state index in [4.69, 9.17) is 23.4 Å². The predicted octanol–water partition coefficient (Wildman–Crippen LogP) is 3.82. The van der Waals surface area contributed by atoms with E-state index in [9.17, 15) is 0 Å². The fraction of sp³-hybridized carbons (Fsp3) is 0.121. The Hall–Kier alpha value is -3.67. The zero-order chi connectivity index (χ0) is 30.4. The molecule has 220 valence electrons. The third-order valence-corrected chi connectivity index (χ3v) is 8.83. The summed E-state index contributed by atoms with van der Waals surface area (Å²) in [6, 6.07) is 27.5. The summed E-state index contributed by atoms with van der Waals surface area (Å²) in [5, 5.41) is 2.46. The summed E-state index contributed by atoms with van der Waals surface area (Å²) in [4.78, 5) is 3.67. The molecule has 0 N–H and O–H groups in total. The van der Waals surface area contributed by atoms with Crippen molar-refractivity contribution in [2.45, 2.75) is 25.3 Å². The van der Waals surface area contributed by atoms with Gasteiger partial charge in [0.1, 0.15) is 22.8 Å². The lowest BCUT2D eigenvalue weighted by molar-refractivity contribution is -2.00. The number of halogens is 1. The van der Waals surface area contributed by atoms with Gasteiger partial charge in [-0.1, -0.05) is 83.8 Å². The number of rotatable bonds is 6. The molecule has 0 fully saturated rings. The number of ether oxygens (including phenoxy) is 1. The lowest BCUT2D eigenvalue weighted by atomic mass is 10.1. The molecule has 0 saturated carbocycles. The van der Waals surface area contributed by atoms with Crippen LogP contribution in [0.4, 0.5) is 5.69 Å². The van der Waals surface area contributed by atoms with Crippen LogP contribution in [0.2, 0.25) is 0 Å². The Morgan fingerprint density at radius 2 is 1.58 bits per heavy atom. The molecule has 0 spiro atoms. The molecule has 0 saturated heterocycles. The molecule has 43 heavy (non-hydrogen) atoms. The van der Waals surface area contributed by atoms with E-state index >= 15 is 0 Å². The predicted molar refractivity (Wildman–Crippen MR) is 162 cm³/mol. The molecule has 3 aromatic carbocycles. The van der Waals surface area contributed by atoms with Crippen LogP contribution in [0.5, 0.6) is 0 Å². The quantitative estimate of drug-likeness (QED) is 0.297. The zero-order valence-electron chi connectivity index (χ0n) is 23.5. The average molecular weight is 633 g/mol. The van der Waals surface area contributed by atoms with Gasteiger partial charge in [-0.05, 0) is 61.9 Å². The van der Waals surface area contributed by atoms with Crippen LogP contribution in [-0.4, -0.2) is 6.54 Å². The second-order valence-electron chi connectivity index (χ2n) is 9.38. The van der Waals surface area contributed by atoms with E-state index in [1.54, 1.807) is 0 Å². The number of aromatic nitrogens is 1. The van der Waals surface area contributed by atoms with Crippen LogP contribution in [0.3, 0.4) is 0 Å². The van der Waals surface area contributed by atoms with Gasteiger partial charge in [0.05, 0.1) is 10.7 Å². The van der Waals surface area contributed by atoms with Crippen molar-refractivity contribution in [1.29, 1.82) is 0 Å². The number of hydrogen-bond donors (Lipinski definition) is 0. The number of thiazole rings is 1. The third kappa shape index (κ3) is 7.84. The molecule has 0 radical (unpaired) electrons. The van der Waals surface area contributed by atoms with E-state index < -0.39 is 10.2 Å².